The van der Waals surface area contributed by atoms with Gasteiger partial charge in [0.2, 0.25) is 11.8 Å². The molecule has 0 bridgehead atoms. The second kappa shape index (κ2) is 8.41. The van der Waals surface area contributed by atoms with Crippen molar-refractivity contribution < 1.29 is 23.5 Å². The van der Waals surface area contributed by atoms with Gasteiger partial charge in [-0.15, -0.1) is 0 Å². The molecule has 1 aliphatic heterocycles. The fourth-order valence-electron chi connectivity index (χ4n) is 2.94. The molecule has 9 heteroatoms. The lowest BCUT2D eigenvalue weighted by Gasteiger charge is -2.38. The van der Waals surface area contributed by atoms with Gasteiger partial charge in [0.25, 0.3) is 0 Å². The standard InChI is InChI=1S/C22H19FN4O4/c23-14-1-3-15(4-2-14)26-20(28)22(12-30-13-22)21(29)27-16-5-7-17(8-6-16)31-18-9-10-25-19(24)11-18/h1-11H,12-13H2,(H2,24,25)(H,26,28)(H,27,29). The summed E-state index contributed by atoms with van der Waals surface area (Å²) in [5.74, 6) is -0.00995. The lowest BCUT2D eigenvalue weighted by atomic mass is 9.83. The van der Waals surface area contributed by atoms with Crippen LogP contribution in [0.2, 0.25) is 0 Å². The van der Waals surface area contributed by atoms with Gasteiger partial charge in [-0.2, -0.15) is 0 Å². The third-order valence-electron chi connectivity index (χ3n) is 4.77. The quantitative estimate of drug-likeness (QED) is 0.526. The minimum Gasteiger partial charge on any atom is -0.457 e. The van der Waals surface area contributed by atoms with Gasteiger partial charge < -0.3 is 25.8 Å². The molecule has 1 aliphatic rings. The summed E-state index contributed by atoms with van der Waals surface area (Å²) in [6.45, 7) is -0.0902. The van der Waals surface area contributed by atoms with E-state index in [9.17, 15) is 14.0 Å². The normalized spacial score (nSPS) is 14.2. The Morgan fingerprint density at radius 2 is 1.52 bits per heavy atom. The number of carbonyl (C=O) groups excluding carboxylic acids is 2. The number of anilines is 3. The van der Waals surface area contributed by atoms with E-state index in [1.807, 2.05) is 0 Å². The molecule has 1 saturated heterocycles. The molecule has 1 fully saturated rings. The van der Waals surface area contributed by atoms with Crippen LogP contribution in [0.4, 0.5) is 21.6 Å². The molecule has 0 radical (unpaired) electrons. The molecule has 0 aliphatic carbocycles. The van der Waals surface area contributed by atoms with Crippen molar-refractivity contribution in [2.45, 2.75) is 0 Å². The van der Waals surface area contributed by atoms with E-state index in [0.29, 0.717) is 28.7 Å². The van der Waals surface area contributed by atoms with E-state index in [1.165, 1.54) is 30.5 Å². The Morgan fingerprint density at radius 1 is 0.935 bits per heavy atom. The largest absolute Gasteiger partial charge is 0.457 e. The van der Waals surface area contributed by atoms with Crippen molar-refractivity contribution in [1.82, 2.24) is 4.98 Å². The van der Waals surface area contributed by atoms with Crippen molar-refractivity contribution in [2.24, 2.45) is 5.41 Å². The number of aromatic nitrogens is 1. The molecule has 2 aromatic carbocycles. The number of pyridine rings is 1. The number of carbonyl (C=O) groups is 2. The molecule has 1 aromatic heterocycles. The Labute approximate surface area is 177 Å². The average Bonchev–Trinajstić information content (AvgIpc) is 2.70. The monoisotopic (exact) mass is 422 g/mol. The predicted molar refractivity (Wildman–Crippen MR) is 112 cm³/mol. The second-order valence-electron chi connectivity index (χ2n) is 7.03. The number of hydrogen-bond donors (Lipinski definition) is 3. The Kier molecular flexibility index (Phi) is 5.50. The van der Waals surface area contributed by atoms with E-state index in [-0.39, 0.29) is 13.2 Å². The van der Waals surface area contributed by atoms with E-state index in [2.05, 4.69) is 15.6 Å². The first-order valence-electron chi connectivity index (χ1n) is 9.40. The van der Waals surface area contributed by atoms with Gasteiger partial charge in [-0.3, -0.25) is 9.59 Å². The first-order valence-corrected chi connectivity index (χ1v) is 9.40. The summed E-state index contributed by atoms with van der Waals surface area (Å²) in [6, 6.07) is 15.2. The molecule has 0 saturated carbocycles. The van der Waals surface area contributed by atoms with Gasteiger partial charge in [0.15, 0.2) is 5.41 Å². The molecule has 3 aromatic rings. The van der Waals surface area contributed by atoms with Gasteiger partial charge in [-0.05, 0) is 54.6 Å². The number of nitrogens with zero attached hydrogens (tertiary/aromatic N) is 1. The van der Waals surface area contributed by atoms with Crippen LogP contribution in [-0.2, 0) is 14.3 Å². The molecule has 31 heavy (non-hydrogen) atoms. The highest BCUT2D eigenvalue weighted by molar-refractivity contribution is 6.15. The van der Waals surface area contributed by atoms with Crippen molar-refractivity contribution in [3.63, 3.8) is 0 Å². The predicted octanol–water partition coefficient (Wildman–Crippen LogP) is 3.19. The van der Waals surface area contributed by atoms with Crippen LogP contribution >= 0.6 is 0 Å². The van der Waals surface area contributed by atoms with Crippen molar-refractivity contribution in [1.29, 1.82) is 0 Å². The minimum absolute atomic E-state index is 0.0451. The third kappa shape index (κ3) is 4.46. The minimum atomic E-state index is -1.36. The molecule has 2 heterocycles. The van der Waals surface area contributed by atoms with Gasteiger partial charge >= 0.3 is 0 Å². The van der Waals surface area contributed by atoms with E-state index in [0.717, 1.165) is 0 Å². The Bertz CT molecular complexity index is 1100. The second-order valence-corrected chi connectivity index (χ2v) is 7.03. The van der Waals surface area contributed by atoms with Crippen LogP contribution in [-0.4, -0.2) is 30.0 Å². The van der Waals surface area contributed by atoms with Crippen molar-refractivity contribution in [3.05, 3.63) is 72.7 Å². The highest BCUT2D eigenvalue weighted by atomic mass is 19.1. The Balaban J connectivity index is 1.41. The number of nitrogen functional groups attached to an aromatic ring is 1. The molecule has 4 rings (SSSR count). The number of rotatable bonds is 6. The summed E-state index contributed by atoms with van der Waals surface area (Å²) < 4.78 is 23.9. The topological polar surface area (TPSA) is 116 Å². The van der Waals surface area contributed by atoms with Gasteiger partial charge in [0, 0.05) is 23.6 Å². The van der Waals surface area contributed by atoms with Crippen molar-refractivity contribution >= 4 is 29.0 Å². The number of nitrogens with two attached hydrogens (primary N) is 1. The van der Waals surface area contributed by atoms with E-state index in [4.69, 9.17) is 15.2 Å². The summed E-state index contributed by atoms with van der Waals surface area (Å²) >= 11 is 0. The van der Waals surface area contributed by atoms with E-state index >= 15 is 0 Å². The molecular formula is C22H19FN4O4. The molecule has 8 nitrogen and oxygen atoms in total. The van der Waals surface area contributed by atoms with Crippen LogP contribution in [0.15, 0.2) is 66.9 Å². The highest BCUT2D eigenvalue weighted by Crippen LogP contribution is 2.32. The fraction of sp³-hybridized carbons (Fsp3) is 0.136. The maximum absolute atomic E-state index is 13.1. The Hall–Kier alpha value is -3.98. The van der Waals surface area contributed by atoms with Gasteiger partial charge in [0.05, 0.1) is 13.2 Å². The fourth-order valence-corrected chi connectivity index (χ4v) is 2.94. The zero-order valence-electron chi connectivity index (χ0n) is 16.3. The summed E-state index contributed by atoms with van der Waals surface area (Å²) in [5.41, 5.74) is 5.15. The molecule has 0 atom stereocenters. The van der Waals surface area contributed by atoms with Crippen LogP contribution in [0, 0.1) is 11.2 Å². The number of amides is 2. The van der Waals surface area contributed by atoms with E-state index < -0.39 is 23.0 Å². The number of benzene rings is 2. The summed E-state index contributed by atoms with van der Waals surface area (Å²) in [4.78, 5) is 29.5. The average molecular weight is 422 g/mol. The highest BCUT2D eigenvalue weighted by Gasteiger charge is 2.52. The number of hydrogen-bond acceptors (Lipinski definition) is 6. The van der Waals surface area contributed by atoms with Crippen LogP contribution < -0.4 is 21.1 Å². The first-order chi connectivity index (χ1) is 14.9. The third-order valence-corrected chi connectivity index (χ3v) is 4.77. The zero-order valence-corrected chi connectivity index (χ0v) is 16.3. The van der Waals surface area contributed by atoms with Gasteiger partial charge in [-0.25, -0.2) is 9.37 Å². The van der Waals surface area contributed by atoms with Gasteiger partial charge in [0.1, 0.15) is 23.1 Å². The Morgan fingerprint density at radius 3 is 2.03 bits per heavy atom. The SMILES string of the molecule is Nc1cc(Oc2ccc(NC(=O)C3(C(=O)Nc4ccc(F)cc4)COC3)cc2)ccn1. The maximum Gasteiger partial charge on any atom is 0.244 e. The van der Waals surface area contributed by atoms with Gasteiger partial charge in [-0.1, -0.05) is 0 Å². The maximum atomic E-state index is 13.1. The molecule has 4 N–H and O–H groups in total. The molecule has 2 amide bonds. The van der Waals surface area contributed by atoms with Crippen LogP contribution in [0.25, 0.3) is 0 Å². The lowest BCUT2D eigenvalue weighted by molar-refractivity contribution is -0.166. The summed E-state index contributed by atoms with van der Waals surface area (Å²) in [7, 11) is 0. The molecule has 0 spiro atoms. The van der Waals surface area contributed by atoms with Crippen molar-refractivity contribution in [2.75, 3.05) is 29.6 Å². The molecule has 158 valence electrons. The first kappa shape index (κ1) is 20.3. The summed E-state index contributed by atoms with van der Waals surface area (Å²) in [6.07, 6.45) is 1.54. The van der Waals surface area contributed by atoms with E-state index in [1.54, 1.807) is 36.4 Å². The van der Waals surface area contributed by atoms with Crippen molar-refractivity contribution in [3.8, 4) is 11.5 Å². The smallest absolute Gasteiger partial charge is 0.244 e. The number of ether oxygens (including phenoxy) is 2. The summed E-state index contributed by atoms with van der Waals surface area (Å²) in [5, 5.41) is 5.37. The number of halogens is 1. The van der Waals surface area contributed by atoms with Crippen LogP contribution in [0.3, 0.4) is 0 Å². The molecular weight excluding hydrogens is 403 g/mol. The van der Waals surface area contributed by atoms with Crippen LogP contribution in [0.1, 0.15) is 0 Å². The number of nitrogens with one attached hydrogen (secondary N) is 2. The zero-order chi connectivity index (χ0) is 21.8. The lowest BCUT2D eigenvalue weighted by Crippen LogP contribution is -2.59. The van der Waals surface area contributed by atoms with Crippen LogP contribution in [0.5, 0.6) is 11.5 Å². The molecule has 0 unspecified atom stereocenters.